The van der Waals surface area contributed by atoms with Crippen molar-refractivity contribution in [2.45, 2.75) is 20.8 Å². The molecule has 3 nitrogen and oxygen atoms in total. The van der Waals surface area contributed by atoms with E-state index < -0.39 is 10.0 Å². The van der Waals surface area contributed by atoms with Gasteiger partial charge in [0.15, 0.2) is 0 Å². The van der Waals surface area contributed by atoms with Crippen molar-refractivity contribution in [3.63, 3.8) is 0 Å². The van der Waals surface area contributed by atoms with Crippen LogP contribution in [0.4, 0.5) is 0 Å². The van der Waals surface area contributed by atoms with Crippen molar-refractivity contribution in [1.82, 2.24) is 4.72 Å². The Labute approximate surface area is 111 Å². The van der Waals surface area contributed by atoms with E-state index in [1.807, 2.05) is 28.9 Å². The van der Waals surface area contributed by atoms with Gasteiger partial charge in [-0.15, -0.1) is 0 Å². The average molecular weight is 455 g/mol. The Morgan fingerprint density at radius 1 is 1.33 bits per heavy atom. The second kappa shape index (κ2) is 5.46. The summed E-state index contributed by atoms with van der Waals surface area (Å²) < 4.78 is 32.4. The Morgan fingerprint density at radius 2 is 2.00 bits per heavy atom. The van der Waals surface area contributed by atoms with Crippen LogP contribution in [-0.4, -0.2) is 21.0 Å². The molecule has 0 radical (unpaired) electrons. The normalized spacial score (nSPS) is 17.7. The predicted molar refractivity (Wildman–Crippen MR) is 84.6 cm³/mol. The van der Waals surface area contributed by atoms with Gasteiger partial charge in [-0.3, -0.25) is 0 Å². The zero-order chi connectivity index (χ0) is 11.5. The molecule has 0 saturated carbocycles. The molecule has 6 heteroatoms. The number of sulfonamides is 1. The number of rotatable bonds is 3. The van der Waals surface area contributed by atoms with Crippen molar-refractivity contribution in [3.05, 3.63) is 8.99 Å². The summed E-state index contributed by atoms with van der Waals surface area (Å²) in [5, 5.41) is 0. The Bertz CT molecular complexity index is 416. The van der Waals surface area contributed by atoms with Crippen LogP contribution in [0.1, 0.15) is 20.8 Å². The van der Waals surface area contributed by atoms with Gasteiger partial charge in [-0.05, 0) is 13.5 Å². The lowest BCUT2D eigenvalue weighted by atomic mass is 9.98. The molecule has 0 aromatic carbocycles. The number of hydrogen-bond donors (Lipinski definition) is 1. The second-order valence-electron chi connectivity index (χ2n) is 4.34. The zero-order valence-corrected chi connectivity index (χ0v) is 14.1. The van der Waals surface area contributed by atoms with E-state index in [0.717, 1.165) is 0 Å². The van der Waals surface area contributed by atoms with E-state index in [9.17, 15) is 8.42 Å². The average Bonchev–Trinajstić information content (AvgIpc) is 2.16. The molecule has 0 saturated heterocycles. The smallest absolute Gasteiger partial charge is 0.211 e. The fourth-order valence-electron chi connectivity index (χ4n) is 0.735. The lowest BCUT2D eigenvalue weighted by Crippen LogP contribution is -2.33. The van der Waals surface area contributed by atoms with Gasteiger partial charge in [0.25, 0.3) is 0 Å². The molecule has 1 aliphatic heterocycles. The molecule has 15 heavy (non-hydrogen) atoms. The molecule has 0 aromatic heterocycles. The van der Waals surface area contributed by atoms with Gasteiger partial charge < -0.3 is 0 Å². The maximum atomic E-state index is 11.8. The van der Waals surface area contributed by atoms with E-state index in [-0.39, 0.29) is 46.9 Å². The molecule has 1 rings (SSSR count). The van der Waals surface area contributed by atoms with Crippen molar-refractivity contribution >= 4 is 57.5 Å². The number of allylic oxidation sites excluding steroid dienone is 1. The third kappa shape index (κ3) is 5.14. The Morgan fingerprint density at radius 3 is 2.47 bits per heavy atom. The van der Waals surface area contributed by atoms with Gasteiger partial charge in [-0.2, -0.15) is 0 Å². The van der Waals surface area contributed by atoms with E-state index in [2.05, 4.69) is 6.74 Å². The summed E-state index contributed by atoms with van der Waals surface area (Å²) in [6.07, 6.45) is 0. The van der Waals surface area contributed by atoms with Crippen LogP contribution < -0.4 is 4.72 Å². The van der Waals surface area contributed by atoms with Crippen molar-refractivity contribution < 1.29 is 8.42 Å². The van der Waals surface area contributed by atoms with Crippen LogP contribution in [0.3, 0.4) is 0 Å². The molecule has 0 spiro atoms. The minimum atomic E-state index is -3.23. The van der Waals surface area contributed by atoms with Gasteiger partial charge in [0, 0.05) is 8.56 Å². The first kappa shape index (κ1) is 13.9. The molecule has 0 unspecified atom stereocenters. The Kier molecular flexibility index (Phi) is 5.06. The van der Waals surface area contributed by atoms with Crippen LogP contribution in [-0.2, 0) is 10.0 Å². The fraction of sp³-hybridized carbons (Fsp3) is 0.556. The summed E-state index contributed by atoms with van der Waals surface area (Å²) in [6.45, 7) is 6.53. The van der Waals surface area contributed by atoms with Crippen LogP contribution >= 0.6 is 41.5 Å². The van der Waals surface area contributed by atoms with E-state index in [4.69, 9.17) is 0 Å². The second-order valence-corrected chi connectivity index (χ2v) is 12.4. The lowest BCUT2D eigenvalue weighted by molar-refractivity contribution is 0.408. The number of nitrogens with one attached hydrogen (secondary N) is 1. The maximum Gasteiger partial charge on any atom is 0.241 e. The Balaban J connectivity index is 2.73. The van der Waals surface area contributed by atoms with Crippen LogP contribution in [0.15, 0.2) is 8.99 Å². The van der Waals surface area contributed by atoms with Crippen molar-refractivity contribution in [2.24, 2.45) is 5.41 Å². The monoisotopic (exact) mass is 455 g/mol. The van der Waals surface area contributed by atoms with Gasteiger partial charge in [-0.25, -0.2) is 13.1 Å². The molecule has 1 heterocycles. The molecule has 88 valence electrons. The first-order valence-electron chi connectivity index (χ1n) is 4.40. The van der Waals surface area contributed by atoms with E-state index in [0.29, 0.717) is 11.4 Å². The Hall–Kier alpha value is 0.850. The highest BCUT2D eigenvalue weighted by Crippen LogP contribution is 2.19. The van der Waals surface area contributed by atoms with E-state index in [1.54, 1.807) is 0 Å². The van der Waals surface area contributed by atoms with Gasteiger partial charge in [0.05, 0.1) is 4.91 Å². The molecule has 0 fully saturated rings. The molecule has 1 N–H and O–H groups in total. The van der Waals surface area contributed by atoms with Gasteiger partial charge >= 0.3 is 0 Å². The standard InChI is InChI=1S/C9H15I2NO2S/c1-9(2,3)6-12-15(13,14)8-4-10-7-11-5-8/h4-5,7,12H,6H2,1-3H3. The number of hydrogen-bond acceptors (Lipinski definition) is 2. The zero-order valence-electron chi connectivity index (χ0n) is 8.92. The van der Waals surface area contributed by atoms with Crippen LogP contribution in [0, 0.1) is 5.41 Å². The summed E-state index contributed by atoms with van der Waals surface area (Å²) in [4.78, 5) is 0.523. The summed E-state index contributed by atoms with van der Waals surface area (Å²) in [5.41, 5.74) is -0.0154. The number of halogens is 2. The van der Waals surface area contributed by atoms with Gasteiger partial charge in [0.2, 0.25) is 10.0 Å². The molecule has 0 aromatic rings. The van der Waals surface area contributed by atoms with Crippen molar-refractivity contribution in [3.8, 4) is 0 Å². The summed E-state index contributed by atoms with van der Waals surface area (Å²) in [6, 6.07) is 0. The minimum absolute atomic E-state index is 0.0154. The summed E-state index contributed by atoms with van der Waals surface area (Å²) >= 11 is -0.240. The van der Waals surface area contributed by atoms with E-state index >= 15 is 0 Å². The summed E-state index contributed by atoms with van der Waals surface area (Å²) in [7, 11) is -3.23. The van der Waals surface area contributed by atoms with Crippen molar-refractivity contribution in [1.29, 1.82) is 0 Å². The third-order valence-corrected chi connectivity index (χ3v) is 10.0. The highest BCUT2D eigenvalue weighted by molar-refractivity contribution is 14.3. The minimum Gasteiger partial charge on any atom is -0.211 e. The van der Waals surface area contributed by atoms with Crippen LogP contribution in [0.5, 0.6) is 0 Å². The highest BCUT2D eigenvalue weighted by atomic mass is 127. The maximum absolute atomic E-state index is 11.8. The first-order valence-corrected chi connectivity index (χ1v) is 10.9. The molecular weight excluding hydrogens is 440 g/mol. The molecule has 0 bridgehead atoms. The first-order chi connectivity index (χ1) is 6.81. The third-order valence-electron chi connectivity index (χ3n) is 1.54. The SMILES string of the molecule is CC(C)(C)CNS(=O)(=O)C1=CI=CI=C1. The largest absolute Gasteiger partial charge is 0.241 e. The molecule has 0 aliphatic carbocycles. The van der Waals surface area contributed by atoms with E-state index in [1.165, 1.54) is 0 Å². The lowest BCUT2D eigenvalue weighted by Gasteiger charge is -2.19. The quantitative estimate of drug-likeness (QED) is 0.665. The molecule has 0 atom stereocenters. The van der Waals surface area contributed by atoms with Gasteiger partial charge in [-0.1, -0.05) is 62.2 Å². The molecule has 1 aliphatic rings. The van der Waals surface area contributed by atoms with Crippen LogP contribution in [0.25, 0.3) is 0 Å². The predicted octanol–water partition coefficient (Wildman–Crippen LogP) is 2.31. The highest BCUT2D eigenvalue weighted by Gasteiger charge is 2.19. The van der Waals surface area contributed by atoms with Crippen LogP contribution in [0.2, 0.25) is 0 Å². The molecular formula is C9H15I2NO2S. The topological polar surface area (TPSA) is 46.2 Å². The van der Waals surface area contributed by atoms with Gasteiger partial charge in [0.1, 0.15) is 0 Å². The summed E-state index contributed by atoms with van der Waals surface area (Å²) in [5.74, 6) is 0. The fourth-order valence-corrected chi connectivity index (χ4v) is 9.52. The molecule has 0 amide bonds. The van der Waals surface area contributed by atoms with Crippen molar-refractivity contribution in [2.75, 3.05) is 6.54 Å².